The van der Waals surface area contributed by atoms with Crippen LogP contribution in [0.4, 0.5) is 14.5 Å². The summed E-state index contributed by atoms with van der Waals surface area (Å²) in [4.78, 5) is 26.2. The van der Waals surface area contributed by atoms with Gasteiger partial charge in [0, 0.05) is 11.9 Å². The van der Waals surface area contributed by atoms with E-state index in [1.54, 1.807) is 6.07 Å². The molecule has 0 saturated carbocycles. The van der Waals surface area contributed by atoms with E-state index in [1.165, 1.54) is 31.5 Å². The molecule has 3 rings (SSSR count). The van der Waals surface area contributed by atoms with Gasteiger partial charge in [-0.3, -0.25) is 4.79 Å². The molecule has 150 valence electrons. The zero-order valence-corrected chi connectivity index (χ0v) is 15.3. The van der Waals surface area contributed by atoms with E-state index >= 15 is 0 Å². The van der Waals surface area contributed by atoms with E-state index in [0.29, 0.717) is 12.1 Å². The molecular weight excluding hydrogens is 374 g/mol. The summed E-state index contributed by atoms with van der Waals surface area (Å²) in [6.07, 6.45) is 2.52. The van der Waals surface area contributed by atoms with Crippen LogP contribution in [0.2, 0.25) is 0 Å². The first kappa shape index (κ1) is 21.2. The number of carbonyl (C=O) groups excluding carboxylic acids is 1. The van der Waals surface area contributed by atoms with Gasteiger partial charge in [-0.2, -0.15) is 4.39 Å². The Kier molecular flexibility index (Phi) is 7.39. The summed E-state index contributed by atoms with van der Waals surface area (Å²) in [6.45, 7) is 1.92. The van der Waals surface area contributed by atoms with Crippen LogP contribution in [0.5, 0.6) is 5.75 Å². The summed E-state index contributed by atoms with van der Waals surface area (Å²) in [6, 6.07) is 6.65. The van der Waals surface area contributed by atoms with E-state index in [4.69, 9.17) is 9.84 Å². The van der Waals surface area contributed by atoms with Gasteiger partial charge in [0.25, 0.3) is 5.91 Å². The van der Waals surface area contributed by atoms with Crippen molar-refractivity contribution in [3.8, 4) is 5.75 Å². The number of halogens is 2. The number of methoxy groups -OCH3 is 1. The Bertz CT molecular complexity index is 847. The van der Waals surface area contributed by atoms with Crippen LogP contribution in [-0.2, 0) is 9.53 Å². The average molecular weight is 394 g/mol. The second kappa shape index (κ2) is 9.75. The van der Waals surface area contributed by atoms with Crippen LogP contribution in [0.15, 0.2) is 36.5 Å². The zero-order valence-electron chi connectivity index (χ0n) is 15.3. The number of benzene rings is 1. The van der Waals surface area contributed by atoms with E-state index in [2.05, 4.69) is 15.0 Å². The fourth-order valence-electron chi connectivity index (χ4n) is 2.49. The van der Waals surface area contributed by atoms with Crippen molar-refractivity contribution in [1.29, 1.82) is 0 Å². The molecule has 9 heteroatoms. The summed E-state index contributed by atoms with van der Waals surface area (Å²) in [5.41, 5.74) is 0.309. The molecule has 2 heterocycles. The van der Waals surface area contributed by atoms with E-state index < -0.39 is 23.7 Å². The molecule has 7 nitrogen and oxygen atoms in total. The van der Waals surface area contributed by atoms with Gasteiger partial charge >= 0.3 is 5.97 Å². The summed E-state index contributed by atoms with van der Waals surface area (Å²) in [5, 5.41) is 11.4. The first-order valence-corrected chi connectivity index (χ1v) is 8.45. The molecule has 1 amide bonds. The minimum absolute atomic E-state index is 0.0694. The van der Waals surface area contributed by atoms with Gasteiger partial charge in [0.2, 0.25) is 5.82 Å². The predicted octanol–water partition coefficient (Wildman–Crippen LogP) is 3.26. The van der Waals surface area contributed by atoms with E-state index in [0.717, 1.165) is 12.5 Å². The molecule has 0 radical (unpaired) electrons. The van der Waals surface area contributed by atoms with Gasteiger partial charge < -0.3 is 19.9 Å². The highest BCUT2D eigenvalue weighted by Gasteiger charge is 2.28. The molecule has 1 aromatic heterocycles. The quantitative estimate of drug-likeness (QED) is 0.826. The highest BCUT2D eigenvalue weighted by atomic mass is 19.2. The van der Waals surface area contributed by atoms with Crippen LogP contribution >= 0.6 is 0 Å². The van der Waals surface area contributed by atoms with Crippen molar-refractivity contribution < 1.29 is 33.0 Å². The van der Waals surface area contributed by atoms with Crippen LogP contribution < -0.4 is 10.1 Å². The molecule has 2 unspecified atom stereocenters. The Labute approximate surface area is 160 Å². The molecule has 1 aromatic carbocycles. The van der Waals surface area contributed by atoms with Gasteiger partial charge in [-0.05, 0) is 44.0 Å². The van der Waals surface area contributed by atoms with Crippen LogP contribution in [-0.4, -0.2) is 41.3 Å². The first-order chi connectivity index (χ1) is 13.3. The number of amides is 1. The van der Waals surface area contributed by atoms with Gasteiger partial charge in [-0.15, -0.1) is 0 Å². The number of hydrogen-bond donors (Lipinski definition) is 2. The number of nitrogens with one attached hydrogen (secondary N) is 1. The lowest BCUT2D eigenvalue weighted by Crippen LogP contribution is -2.27. The fraction of sp³-hybridized carbons (Fsp3) is 0.316. The Morgan fingerprint density at radius 3 is 2.61 bits per heavy atom. The minimum atomic E-state index is -1.13. The molecule has 0 spiro atoms. The lowest BCUT2D eigenvalue weighted by atomic mass is 10.2. The van der Waals surface area contributed by atoms with Gasteiger partial charge in [0.1, 0.15) is 11.8 Å². The Morgan fingerprint density at radius 1 is 1.29 bits per heavy atom. The van der Waals surface area contributed by atoms with Gasteiger partial charge in [0.05, 0.1) is 13.2 Å². The van der Waals surface area contributed by atoms with Crippen LogP contribution in [0, 0.1) is 11.6 Å². The van der Waals surface area contributed by atoms with Crippen molar-refractivity contribution in [2.75, 3.05) is 12.4 Å². The topological polar surface area (TPSA) is 97.8 Å². The number of hydrogen-bond acceptors (Lipinski definition) is 5. The molecule has 1 saturated heterocycles. The summed E-state index contributed by atoms with van der Waals surface area (Å²) < 4.78 is 34.8. The number of ether oxygens (including phenoxy) is 2. The fourth-order valence-corrected chi connectivity index (χ4v) is 2.49. The average Bonchev–Trinajstić information content (AvgIpc) is 3.11. The summed E-state index contributed by atoms with van der Waals surface area (Å²) >= 11 is 0. The third-order valence-electron chi connectivity index (χ3n) is 3.91. The van der Waals surface area contributed by atoms with Crippen molar-refractivity contribution in [3.05, 3.63) is 53.9 Å². The highest BCUT2D eigenvalue weighted by molar-refractivity contribution is 5.95. The van der Waals surface area contributed by atoms with Crippen LogP contribution in [0.25, 0.3) is 0 Å². The van der Waals surface area contributed by atoms with Crippen molar-refractivity contribution in [2.24, 2.45) is 0 Å². The number of carbonyl (C=O) groups is 2. The number of nitrogens with zero attached hydrogens (tertiary/aromatic N) is 1. The molecule has 0 bridgehead atoms. The number of pyridine rings is 1. The molecule has 2 atom stereocenters. The highest BCUT2D eigenvalue weighted by Crippen LogP contribution is 2.21. The predicted molar refractivity (Wildman–Crippen MR) is 96.3 cm³/mol. The normalized spacial score (nSPS) is 18.0. The molecule has 0 aliphatic carbocycles. The van der Waals surface area contributed by atoms with Crippen molar-refractivity contribution >= 4 is 17.6 Å². The maximum Gasteiger partial charge on any atom is 0.354 e. The smallest absolute Gasteiger partial charge is 0.354 e. The Balaban J connectivity index is 0.000000237. The Morgan fingerprint density at radius 2 is 2.04 bits per heavy atom. The SMILES string of the molecule is CC1CCC(C(=O)Nc2ccnc(C(=O)O)c2)O1.COc1cccc(F)c1F. The molecule has 1 fully saturated rings. The van der Waals surface area contributed by atoms with Gasteiger partial charge in [-0.1, -0.05) is 6.07 Å². The molecule has 2 N–H and O–H groups in total. The largest absolute Gasteiger partial charge is 0.494 e. The maximum atomic E-state index is 12.5. The number of aromatic carboxylic acids is 1. The number of anilines is 1. The molecule has 1 aliphatic rings. The molecule has 28 heavy (non-hydrogen) atoms. The van der Waals surface area contributed by atoms with Crippen molar-refractivity contribution in [1.82, 2.24) is 4.98 Å². The van der Waals surface area contributed by atoms with Crippen molar-refractivity contribution in [3.63, 3.8) is 0 Å². The first-order valence-electron chi connectivity index (χ1n) is 8.45. The summed E-state index contributed by atoms with van der Waals surface area (Å²) in [5.74, 6) is -3.27. The number of rotatable bonds is 4. The minimum Gasteiger partial charge on any atom is -0.494 e. The zero-order chi connectivity index (χ0) is 20.7. The van der Waals surface area contributed by atoms with Gasteiger partial charge in [-0.25, -0.2) is 14.2 Å². The second-order valence-electron chi connectivity index (χ2n) is 5.99. The number of aromatic nitrogens is 1. The third kappa shape index (κ3) is 5.71. The van der Waals surface area contributed by atoms with Crippen LogP contribution in [0.3, 0.4) is 0 Å². The lowest BCUT2D eigenvalue weighted by Gasteiger charge is -2.11. The number of carboxylic acids is 1. The van der Waals surface area contributed by atoms with E-state index in [-0.39, 0.29) is 23.5 Å². The van der Waals surface area contributed by atoms with E-state index in [9.17, 15) is 18.4 Å². The van der Waals surface area contributed by atoms with E-state index in [1.807, 2.05) is 6.92 Å². The van der Waals surface area contributed by atoms with Crippen molar-refractivity contribution in [2.45, 2.75) is 32.0 Å². The monoisotopic (exact) mass is 394 g/mol. The standard InChI is InChI=1S/C12H14N2O4.C7H6F2O/c1-7-2-3-10(18-7)11(15)14-8-4-5-13-9(6-8)12(16)17;1-10-6-4-2-3-5(8)7(6)9/h4-7,10H,2-3H2,1H3,(H,16,17)(H,13,14,15);2-4H,1H3. The maximum absolute atomic E-state index is 12.5. The molecule has 1 aliphatic heterocycles. The lowest BCUT2D eigenvalue weighted by molar-refractivity contribution is -0.126. The summed E-state index contributed by atoms with van der Waals surface area (Å²) in [7, 11) is 1.29. The van der Waals surface area contributed by atoms with Crippen LogP contribution in [0.1, 0.15) is 30.3 Å². The second-order valence-corrected chi connectivity index (χ2v) is 5.99. The van der Waals surface area contributed by atoms with Gasteiger partial charge in [0.15, 0.2) is 11.6 Å². The third-order valence-corrected chi connectivity index (χ3v) is 3.91. The molecule has 2 aromatic rings. The molecular formula is C19H20F2N2O5. The number of carboxylic acid groups (broad SMARTS) is 1. The Hall–Kier alpha value is -3.07.